The van der Waals surface area contributed by atoms with Gasteiger partial charge in [-0.2, -0.15) is 0 Å². The molecule has 1 aliphatic carbocycles. The monoisotopic (exact) mass is 446 g/mol. The Kier molecular flexibility index (Phi) is 4.81. The van der Waals surface area contributed by atoms with Crippen LogP contribution in [0.2, 0.25) is 0 Å². The van der Waals surface area contributed by atoms with Gasteiger partial charge in [0.1, 0.15) is 6.10 Å². The van der Waals surface area contributed by atoms with Crippen LogP contribution in [-0.4, -0.2) is 36.7 Å². The van der Waals surface area contributed by atoms with Crippen molar-refractivity contribution in [1.29, 1.82) is 0 Å². The summed E-state index contributed by atoms with van der Waals surface area (Å²) in [5.74, 6) is 0.526. The molecule has 7 rings (SSSR count). The summed E-state index contributed by atoms with van der Waals surface area (Å²) in [5, 5.41) is 6.81. The van der Waals surface area contributed by atoms with Crippen molar-refractivity contribution in [3.05, 3.63) is 59.0 Å². The molecule has 2 bridgehead atoms. The van der Waals surface area contributed by atoms with E-state index in [0.717, 1.165) is 38.9 Å². The molecule has 0 radical (unpaired) electrons. The lowest BCUT2D eigenvalue weighted by Crippen LogP contribution is -2.53. The normalized spacial score (nSPS) is 27.9. The Hall–Kier alpha value is -2.37. The number of nitrogens with zero attached hydrogens (tertiary/aromatic N) is 1. The SMILES string of the molecule is CC1(C)Cc2cc(-c3csc4ccccc34)ccc2C1NC(=O)O[C@H]1CN2CCC1CC2. The van der Waals surface area contributed by atoms with E-state index in [2.05, 4.69) is 71.9 Å². The van der Waals surface area contributed by atoms with E-state index in [1.165, 1.54) is 32.3 Å². The van der Waals surface area contributed by atoms with Gasteiger partial charge in [-0.15, -0.1) is 11.3 Å². The van der Waals surface area contributed by atoms with Crippen molar-refractivity contribution in [3.63, 3.8) is 0 Å². The molecule has 1 amide bonds. The lowest BCUT2D eigenvalue weighted by Gasteiger charge is -2.44. The third kappa shape index (κ3) is 3.43. The van der Waals surface area contributed by atoms with E-state index in [0.29, 0.717) is 5.92 Å². The molecule has 1 aromatic heterocycles. The van der Waals surface area contributed by atoms with Gasteiger partial charge in [-0.1, -0.05) is 50.2 Å². The van der Waals surface area contributed by atoms with Crippen LogP contribution < -0.4 is 5.32 Å². The predicted octanol–water partition coefficient (Wildman–Crippen LogP) is 6.01. The molecular formula is C27H30N2O2S. The van der Waals surface area contributed by atoms with Crippen LogP contribution >= 0.6 is 11.3 Å². The maximum atomic E-state index is 12.9. The van der Waals surface area contributed by atoms with Gasteiger partial charge in [0, 0.05) is 22.2 Å². The van der Waals surface area contributed by atoms with E-state index >= 15 is 0 Å². The molecule has 1 N–H and O–H groups in total. The van der Waals surface area contributed by atoms with Gasteiger partial charge in [0.2, 0.25) is 0 Å². The molecule has 32 heavy (non-hydrogen) atoms. The number of thiophene rings is 1. The van der Waals surface area contributed by atoms with Gasteiger partial charge in [0.05, 0.1) is 6.04 Å². The molecule has 2 aromatic carbocycles. The standard InChI is InChI=1S/C27H30N2O2S/c1-27(2)14-19-13-18(22-16-32-24-6-4-3-5-21(22)24)7-8-20(19)25(27)28-26(30)31-23-15-29-11-9-17(23)10-12-29/h3-8,13,16-17,23,25H,9-12,14-15H2,1-2H3,(H,28,30)/t23-,25?/m0/s1. The average Bonchev–Trinajstić information content (AvgIpc) is 3.32. The van der Waals surface area contributed by atoms with Gasteiger partial charge in [-0.25, -0.2) is 4.79 Å². The fraction of sp³-hybridized carbons (Fsp3) is 0.444. The number of hydrogen-bond acceptors (Lipinski definition) is 4. The van der Waals surface area contributed by atoms with Gasteiger partial charge in [-0.3, -0.25) is 4.90 Å². The first-order valence-corrected chi connectivity index (χ1v) is 12.6. The molecule has 4 aliphatic rings. The van der Waals surface area contributed by atoms with Crippen molar-refractivity contribution in [1.82, 2.24) is 10.2 Å². The fourth-order valence-electron chi connectivity index (χ4n) is 6.03. The maximum Gasteiger partial charge on any atom is 0.407 e. The molecule has 3 aromatic rings. The number of nitrogens with one attached hydrogen (secondary N) is 1. The van der Waals surface area contributed by atoms with Crippen molar-refractivity contribution in [2.24, 2.45) is 11.3 Å². The Bertz CT molecular complexity index is 1180. The van der Waals surface area contributed by atoms with E-state index in [1.54, 1.807) is 11.3 Å². The average molecular weight is 447 g/mol. The minimum absolute atomic E-state index is 0.0284. The molecule has 2 atom stereocenters. The van der Waals surface area contributed by atoms with Crippen molar-refractivity contribution in [3.8, 4) is 11.1 Å². The Labute approximate surface area is 193 Å². The van der Waals surface area contributed by atoms with Crippen LogP contribution in [0.5, 0.6) is 0 Å². The smallest absolute Gasteiger partial charge is 0.407 e. The van der Waals surface area contributed by atoms with Crippen LogP contribution in [0.4, 0.5) is 4.79 Å². The van der Waals surface area contributed by atoms with E-state index in [9.17, 15) is 4.79 Å². The highest BCUT2D eigenvalue weighted by atomic mass is 32.1. The van der Waals surface area contributed by atoms with Crippen molar-refractivity contribution < 1.29 is 9.53 Å². The first kappa shape index (κ1) is 20.3. The van der Waals surface area contributed by atoms with Crippen LogP contribution in [0.25, 0.3) is 21.2 Å². The summed E-state index contributed by atoms with van der Waals surface area (Å²) < 4.78 is 7.25. The number of hydrogen-bond donors (Lipinski definition) is 1. The van der Waals surface area contributed by atoms with Crippen molar-refractivity contribution >= 4 is 27.5 Å². The van der Waals surface area contributed by atoms with Crippen LogP contribution in [0.1, 0.15) is 43.9 Å². The number of amides is 1. The Morgan fingerprint density at radius 2 is 1.97 bits per heavy atom. The number of ether oxygens (including phenoxy) is 1. The van der Waals surface area contributed by atoms with Crippen LogP contribution in [0.3, 0.4) is 0 Å². The van der Waals surface area contributed by atoms with Crippen molar-refractivity contribution in [2.45, 2.75) is 45.3 Å². The highest BCUT2D eigenvalue weighted by Gasteiger charge is 2.42. The Balaban J connectivity index is 1.23. The second-order valence-electron chi connectivity index (χ2n) is 10.4. The molecule has 3 aliphatic heterocycles. The number of carbonyl (C=O) groups is 1. The van der Waals surface area contributed by atoms with Crippen LogP contribution in [0.15, 0.2) is 47.8 Å². The summed E-state index contributed by atoms with van der Waals surface area (Å²) in [4.78, 5) is 15.3. The van der Waals surface area contributed by atoms with E-state index in [-0.39, 0.29) is 23.7 Å². The number of fused-ring (bicyclic) bond motifs is 5. The number of piperidine rings is 3. The van der Waals surface area contributed by atoms with E-state index in [4.69, 9.17) is 4.74 Å². The van der Waals surface area contributed by atoms with Gasteiger partial charge in [-0.05, 0) is 71.8 Å². The minimum Gasteiger partial charge on any atom is -0.445 e. The molecule has 5 heteroatoms. The van der Waals surface area contributed by atoms with E-state index in [1.807, 2.05) is 0 Å². The molecule has 3 saturated heterocycles. The lowest BCUT2D eigenvalue weighted by atomic mass is 9.85. The van der Waals surface area contributed by atoms with Crippen molar-refractivity contribution in [2.75, 3.05) is 19.6 Å². The molecular weight excluding hydrogens is 416 g/mol. The fourth-order valence-corrected chi connectivity index (χ4v) is 7.00. The number of rotatable bonds is 3. The molecule has 0 saturated carbocycles. The summed E-state index contributed by atoms with van der Waals surface area (Å²) in [6, 6.07) is 15.3. The Morgan fingerprint density at radius 1 is 1.16 bits per heavy atom. The van der Waals surface area contributed by atoms with Crippen LogP contribution in [-0.2, 0) is 11.2 Å². The minimum atomic E-state index is -0.261. The largest absolute Gasteiger partial charge is 0.445 e. The second kappa shape index (κ2) is 7.60. The summed E-state index contributed by atoms with van der Waals surface area (Å²) >= 11 is 1.80. The third-order valence-corrected chi connectivity index (χ3v) is 8.75. The summed E-state index contributed by atoms with van der Waals surface area (Å²) in [6.07, 6.45) is 3.02. The van der Waals surface area contributed by atoms with Gasteiger partial charge in [0.15, 0.2) is 0 Å². The molecule has 1 unspecified atom stereocenters. The summed E-state index contributed by atoms with van der Waals surface area (Å²) in [5.41, 5.74) is 5.06. The first-order chi connectivity index (χ1) is 15.5. The zero-order chi connectivity index (χ0) is 21.9. The highest BCUT2D eigenvalue weighted by molar-refractivity contribution is 7.17. The number of benzene rings is 2. The van der Waals surface area contributed by atoms with Gasteiger partial charge < -0.3 is 10.1 Å². The molecule has 0 spiro atoms. The molecule has 4 heterocycles. The van der Waals surface area contributed by atoms with Gasteiger partial charge in [0.25, 0.3) is 0 Å². The first-order valence-electron chi connectivity index (χ1n) is 11.8. The van der Waals surface area contributed by atoms with E-state index < -0.39 is 0 Å². The molecule has 4 nitrogen and oxygen atoms in total. The number of alkyl carbamates (subject to hydrolysis) is 1. The predicted molar refractivity (Wildman–Crippen MR) is 130 cm³/mol. The second-order valence-corrected chi connectivity index (χ2v) is 11.3. The summed E-state index contributed by atoms with van der Waals surface area (Å²) in [6.45, 7) is 7.67. The number of carbonyl (C=O) groups excluding carboxylic acids is 1. The quantitative estimate of drug-likeness (QED) is 0.535. The topological polar surface area (TPSA) is 41.6 Å². The zero-order valence-electron chi connectivity index (χ0n) is 18.8. The molecule has 3 fully saturated rings. The summed E-state index contributed by atoms with van der Waals surface area (Å²) in [7, 11) is 0. The lowest BCUT2D eigenvalue weighted by molar-refractivity contribution is -0.0348. The highest BCUT2D eigenvalue weighted by Crippen LogP contribution is 2.47. The molecule has 166 valence electrons. The zero-order valence-corrected chi connectivity index (χ0v) is 19.6. The Morgan fingerprint density at radius 3 is 2.75 bits per heavy atom. The van der Waals surface area contributed by atoms with Gasteiger partial charge >= 0.3 is 6.09 Å². The third-order valence-electron chi connectivity index (χ3n) is 7.79. The maximum absolute atomic E-state index is 12.9. The van der Waals surface area contributed by atoms with Crippen LogP contribution in [0, 0.1) is 11.3 Å².